The quantitative estimate of drug-likeness (QED) is 0.779. The second-order valence-electron chi connectivity index (χ2n) is 6.62. The molecule has 18 heavy (non-hydrogen) atoms. The first-order valence-corrected chi connectivity index (χ1v) is 6.82. The van der Waals surface area contributed by atoms with Gasteiger partial charge < -0.3 is 10.5 Å². The molecule has 0 saturated carbocycles. The maximum absolute atomic E-state index is 6.33. The van der Waals surface area contributed by atoms with E-state index in [9.17, 15) is 0 Å². The van der Waals surface area contributed by atoms with Crippen molar-refractivity contribution in [2.24, 2.45) is 11.1 Å². The maximum Gasteiger partial charge on any atom is 0.0594 e. The lowest BCUT2D eigenvalue weighted by atomic mass is 9.89. The summed E-state index contributed by atoms with van der Waals surface area (Å²) in [5, 5.41) is 0. The van der Waals surface area contributed by atoms with Gasteiger partial charge in [0.1, 0.15) is 0 Å². The van der Waals surface area contributed by atoms with Gasteiger partial charge in [0, 0.05) is 36.5 Å². The summed E-state index contributed by atoms with van der Waals surface area (Å²) in [7, 11) is 0. The molecular weight excluding hydrogens is 224 g/mol. The summed E-state index contributed by atoms with van der Waals surface area (Å²) in [4.78, 5) is 2.42. The number of nitrogens with two attached hydrogens (primary N) is 1. The van der Waals surface area contributed by atoms with Gasteiger partial charge in [-0.3, -0.25) is 4.90 Å². The average molecular weight is 252 g/mol. The number of ether oxygens (including phenoxy) is 1. The molecule has 0 amide bonds. The zero-order valence-electron chi connectivity index (χ0n) is 12.5. The third-order valence-corrected chi connectivity index (χ3v) is 3.52. The summed E-state index contributed by atoms with van der Waals surface area (Å²) in [6.45, 7) is 14.3. The third kappa shape index (κ3) is 4.61. The highest BCUT2D eigenvalue weighted by Crippen LogP contribution is 2.21. The molecule has 0 aromatic carbocycles. The van der Waals surface area contributed by atoms with E-state index in [1.165, 1.54) is 0 Å². The molecule has 1 unspecified atom stereocenters. The first-order chi connectivity index (χ1) is 8.23. The lowest BCUT2D eigenvalue weighted by Crippen LogP contribution is -2.59. The molecular formula is C15H28N2O. The van der Waals surface area contributed by atoms with Crippen molar-refractivity contribution in [3.8, 4) is 11.8 Å². The molecule has 0 spiro atoms. The number of morpholine rings is 1. The Morgan fingerprint density at radius 3 is 2.22 bits per heavy atom. The molecule has 0 bridgehead atoms. The molecule has 3 heteroatoms. The van der Waals surface area contributed by atoms with Gasteiger partial charge in [-0.1, -0.05) is 5.92 Å². The van der Waals surface area contributed by atoms with Crippen molar-refractivity contribution in [2.45, 2.75) is 52.6 Å². The molecule has 0 aromatic rings. The van der Waals surface area contributed by atoms with Gasteiger partial charge in [0.2, 0.25) is 0 Å². The van der Waals surface area contributed by atoms with Crippen molar-refractivity contribution in [2.75, 3.05) is 26.3 Å². The molecule has 1 aliphatic heterocycles. The summed E-state index contributed by atoms with van der Waals surface area (Å²) < 4.78 is 5.39. The molecule has 0 aliphatic carbocycles. The molecule has 0 radical (unpaired) electrons. The minimum Gasteiger partial charge on any atom is -0.379 e. The Balaban J connectivity index is 2.57. The fraction of sp³-hybridized carbons (Fsp3) is 0.867. The summed E-state index contributed by atoms with van der Waals surface area (Å²) in [5.41, 5.74) is 6.37. The molecule has 1 heterocycles. The van der Waals surface area contributed by atoms with E-state index in [0.717, 1.165) is 32.7 Å². The number of nitrogens with zero attached hydrogens (tertiary/aromatic N) is 1. The van der Waals surface area contributed by atoms with Crippen molar-refractivity contribution in [1.29, 1.82) is 0 Å². The molecule has 1 aliphatic rings. The van der Waals surface area contributed by atoms with Gasteiger partial charge in [-0.25, -0.2) is 0 Å². The van der Waals surface area contributed by atoms with E-state index in [0.29, 0.717) is 0 Å². The third-order valence-electron chi connectivity index (χ3n) is 3.52. The predicted octanol–water partition coefficient (Wildman–Crippen LogP) is 1.86. The highest BCUT2D eigenvalue weighted by molar-refractivity contribution is 5.10. The van der Waals surface area contributed by atoms with Crippen LogP contribution in [0.15, 0.2) is 0 Å². The van der Waals surface area contributed by atoms with Crippen LogP contribution in [-0.4, -0.2) is 42.8 Å². The van der Waals surface area contributed by atoms with Crippen molar-refractivity contribution in [1.82, 2.24) is 4.90 Å². The van der Waals surface area contributed by atoms with Gasteiger partial charge in [0.25, 0.3) is 0 Å². The van der Waals surface area contributed by atoms with Crippen LogP contribution in [0.1, 0.15) is 41.0 Å². The fourth-order valence-electron chi connectivity index (χ4n) is 2.05. The van der Waals surface area contributed by atoms with Crippen LogP contribution in [-0.2, 0) is 4.74 Å². The molecule has 104 valence electrons. The van der Waals surface area contributed by atoms with Gasteiger partial charge in [0.15, 0.2) is 0 Å². The Bertz CT molecular complexity index is 314. The molecule has 3 nitrogen and oxygen atoms in total. The van der Waals surface area contributed by atoms with E-state index in [-0.39, 0.29) is 17.0 Å². The number of rotatable bonds is 3. The summed E-state index contributed by atoms with van der Waals surface area (Å²) in [5.74, 6) is 6.49. The van der Waals surface area contributed by atoms with Crippen LogP contribution in [0.25, 0.3) is 0 Å². The Morgan fingerprint density at radius 2 is 1.72 bits per heavy atom. The van der Waals surface area contributed by atoms with Gasteiger partial charge in [0.05, 0.1) is 13.2 Å². The predicted molar refractivity (Wildman–Crippen MR) is 76.3 cm³/mol. The van der Waals surface area contributed by atoms with Crippen molar-refractivity contribution >= 4 is 0 Å². The van der Waals surface area contributed by atoms with E-state index < -0.39 is 0 Å². The van der Waals surface area contributed by atoms with Gasteiger partial charge in [-0.15, -0.1) is 5.92 Å². The van der Waals surface area contributed by atoms with Crippen molar-refractivity contribution in [3.05, 3.63) is 0 Å². The summed E-state index contributed by atoms with van der Waals surface area (Å²) in [6, 6.07) is 0.0745. The topological polar surface area (TPSA) is 38.5 Å². The van der Waals surface area contributed by atoms with Crippen molar-refractivity contribution in [3.63, 3.8) is 0 Å². The lowest BCUT2D eigenvalue weighted by Gasteiger charge is -2.44. The van der Waals surface area contributed by atoms with E-state index >= 15 is 0 Å². The largest absolute Gasteiger partial charge is 0.379 e. The highest BCUT2D eigenvalue weighted by atomic mass is 16.5. The zero-order valence-corrected chi connectivity index (χ0v) is 12.5. The lowest BCUT2D eigenvalue weighted by molar-refractivity contribution is -0.0181. The van der Waals surface area contributed by atoms with Crippen molar-refractivity contribution < 1.29 is 4.74 Å². The SMILES string of the molecule is CC(C)(C)C#CCC(N)C(C)(C)N1CCOCC1. The second-order valence-corrected chi connectivity index (χ2v) is 6.62. The van der Waals surface area contributed by atoms with E-state index in [2.05, 4.69) is 51.4 Å². The van der Waals surface area contributed by atoms with E-state index in [1.54, 1.807) is 0 Å². The number of hydrogen-bond donors (Lipinski definition) is 1. The minimum atomic E-state index is -0.0175. The number of hydrogen-bond acceptors (Lipinski definition) is 3. The normalized spacial score (nSPS) is 20.1. The maximum atomic E-state index is 6.33. The molecule has 1 rings (SSSR count). The zero-order chi connectivity index (χ0) is 13.8. The average Bonchev–Trinajstić information content (AvgIpc) is 2.28. The second kappa shape index (κ2) is 6.06. The van der Waals surface area contributed by atoms with Gasteiger partial charge in [-0.05, 0) is 34.6 Å². The van der Waals surface area contributed by atoms with Crippen LogP contribution in [0.3, 0.4) is 0 Å². The van der Waals surface area contributed by atoms with Crippen LogP contribution in [0.4, 0.5) is 0 Å². The molecule has 0 aromatic heterocycles. The van der Waals surface area contributed by atoms with Crippen LogP contribution >= 0.6 is 0 Å². The summed E-state index contributed by atoms with van der Waals surface area (Å²) in [6.07, 6.45) is 0.752. The highest BCUT2D eigenvalue weighted by Gasteiger charge is 2.33. The Labute approximate surface area is 112 Å². The molecule has 2 N–H and O–H groups in total. The van der Waals surface area contributed by atoms with Gasteiger partial charge in [-0.2, -0.15) is 0 Å². The Morgan fingerprint density at radius 1 is 1.17 bits per heavy atom. The smallest absolute Gasteiger partial charge is 0.0594 e. The first kappa shape index (κ1) is 15.5. The van der Waals surface area contributed by atoms with Gasteiger partial charge >= 0.3 is 0 Å². The first-order valence-electron chi connectivity index (χ1n) is 6.82. The van der Waals surface area contributed by atoms with Crippen LogP contribution in [0.5, 0.6) is 0 Å². The van der Waals surface area contributed by atoms with E-state index in [4.69, 9.17) is 10.5 Å². The van der Waals surface area contributed by atoms with Crippen LogP contribution < -0.4 is 5.73 Å². The van der Waals surface area contributed by atoms with E-state index in [1.807, 2.05) is 0 Å². The minimum absolute atomic E-state index is 0.0175. The standard InChI is InChI=1S/C15H28N2O/c1-14(2,3)8-6-7-13(16)15(4,5)17-9-11-18-12-10-17/h13H,7,9-12,16H2,1-5H3. The Kier molecular flexibility index (Phi) is 5.21. The molecule has 1 saturated heterocycles. The monoisotopic (exact) mass is 252 g/mol. The summed E-state index contributed by atoms with van der Waals surface area (Å²) >= 11 is 0. The Hall–Kier alpha value is -0.560. The molecule has 1 atom stereocenters. The van der Waals surface area contributed by atoms with Crippen LogP contribution in [0.2, 0.25) is 0 Å². The fourth-order valence-corrected chi connectivity index (χ4v) is 2.05. The van der Waals surface area contributed by atoms with Crippen LogP contribution in [0, 0.1) is 17.3 Å². The molecule has 1 fully saturated rings.